The number of hydrogen-bond donors (Lipinski definition) is 4. The highest BCUT2D eigenvalue weighted by molar-refractivity contribution is 6.00. The zero-order chi connectivity index (χ0) is 21.3. The molecule has 1 aromatic carbocycles. The summed E-state index contributed by atoms with van der Waals surface area (Å²) in [6, 6.07) is 5.28. The monoisotopic (exact) mass is 409 g/mol. The summed E-state index contributed by atoms with van der Waals surface area (Å²) in [5.74, 6) is 0.887. The van der Waals surface area contributed by atoms with E-state index in [0.717, 1.165) is 5.56 Å². The smallest absolute Gasteiger partial charge is 0.257 e. The standard InChI is InChI=1S/C19H23N9O2/c1-10-8-30-9-11-4-13(20)17(27-22-3)14(5-11)25-15-6-16(21-2)28-18(26-15)12(7-23-28)19(29)24-10/h4-7,10,21H,8-9,20H2,1-3H3,(H,24,29)(H,25,26). The van der Waals surface area contributed by atoms with Gasteiger partial charge in [0.25, 0.3) is 5.91 Å². The van der Waals surface area contributed by atoms with E-state index >= 15 is 0 Å². The van der Waals surface area contributed by atoms with Crippen LogP contribution in [0.1, 0.15) is 22.8 Å². The van der Waals surface area contributed by atoms with Crippen molar-refractivity contribution in [3.8, 4) is 0 Å². The molecule has 11 heteroatoms. The Morgan fingerprint density at radius 1 is 1.37 bits per heavy atom. The summed E-state index contributed by atoms with van der Waals surface area (Å²) in [4.78, 5) is 17.4. The molecule has 0 spiro atoms. The normalized spacial score (nSPS) is 17.0. The molecule has 0 fully saturated rings. The summed E-state index contributed by atoms with van der Waals surface area (Å²) < 4.78 is 7.35. The van der Waals surface area contributed by atoms with Crippen molar-refractivity contribution in [2.45, 2.75) is 19.6 Å². The van der Waals surface area contributed by atoms with Crippen LogP contribution in [-0.2, 0) is 11.3 Å². The summed E-state index contributed by atoms with van der Waals surface area (Å²) in [5, 5.41) is 21.6. The van der Waals surface area contributed by atoms with Gasteiger partial charge in [-0.15, -0.1) is 0 Å². The number of aromatic nitrogens is 3. The Kier molecular flexibility index (Phi) is 5.19. The third-order valence-electron chi connectivity index (χ3n) is 4.65. The van der Waals surface area contributed by atoms with Crippen LogP contribution in [0.5, 0.6) is 0 Å². The summed E-state index contributed by atoms with van der Waals surface area (Å²) >= 11 is 0. The van der Waals surface area contributed by atoms with E-state index < -0.39 is 0 Å². The first kappa shape index (κ1) is 19.6. The van der Waals surface area contributed by atoms with Crippen LogP contribution in [0.2, 0.25) is 0 Å². The van der Waals surface area contributed by atoms with E-state index in [1.807, 2.05) is 13.0 Å². The molecular weight excluding hydrogens is 386 g/mol. The number of azo groups is 1. The molecule has 4 rings (SSSR count). The summed E-state index contributed by atoms with van der Waals surface area (Å²) in [6.45, 7) is 2.54. The molecule has 1 aliphatic heterocycles. The fraction of sp³-hybridized carbons (Fsp3) is 0.316. The van der Waals surface area contributed by atoms with Crippen molar-refractivity contribution < 1.29 is 9.53 Å². The van der Waals surface area contributed by atoms with E-state index in [0.29, 0.717) is 53.1 Å². The largest absolute Gasteiger partial charge is 0.397 e. The fourth-order valence-corrected chi connectivity index (χ4v) is 3.31. The Balaban J connectivity index is 1.92. The second kappa shape index (κ2) is 7.95. The minimum atomic E-state index is -0.270. The lowest BCUT2D eigenvalue weighted by molar-refractivity contribution is 0.0821. The first-order chi connectivity index (χ1) is 14.5. The highest BCUT2D eigenvalue weighted by Crippen LogP contribution is 2.36. The van der Waals surface area contributed by atoms with E-state index in [9.17, 15) is 4.79 Å². The zero-order valence-corrected chi connectivity index (χ0v) is 16.9. The van der Waals surface area contributed by atoms with E-state index in [1.54, 1.807) is 30.7 Å². The quantitative estimate of drug-likeness (QED) is 0.376. The van der Waals surface area contributed by atoms with Crippen molar-refractivity contribution in [3.05, 3.63) is 35.5 Å². The second-order valence-electron chi connectivity index (χ2n) is 6.97. The number of carbonyl (C=O) groups excluding carboxylic acids is 1. The van der Waals surface area contributed by atoms with E-state index in [1.165, 1.54) is 6.20 Å². The molecule has 0 radical (unpaired) electrons. The number of rotatable bonds is 2. The van der Waals surface area contributed by atoms with Gasteiger partial charge in [0.1, 0.15) is 22.9 Å². The van der Waals surface area contributed by atoms with Crippen molar-refractivity contribution in [1.82, 2.24) is 19.9 Å². The Labute approximate surface area is 172 Å². The molecule has 4 bridgehead atoms. The molecular formula is C19H23N9O2. The van der Waals surface area contributed by atoms with E-state index in [-0.39, 0.29) is 11.9 Å². The predicted molar refractivity (Wildman–Crippen MR) is 114 cm³/mol. The third-order valence-corrected chi connectivity index (χ3v) is 4.65. The Morgan fingerprint density at radius 2 is 2.20 bits per heavy atom. The van der Waals surface area contributed by atoms with Crippen molar-refractivity contribution in [3.63, 3.8) is 0 Å². The molecule has 1 aliphatic rings. The Bertz CT molecular complexity index is 1140. The molecule has 1 unspecified atom stereocenters. The number of nitrogens with two attached hydrogens (primary N) is 1. The van der Waals surface area contributed by atoms with Crippen molar-refractivity contribution >= 4 is 40.3 Å². The van der Waals surface area contributed by atoms with Gasteiger partial charge >= 0.3 is 0 Å². The van der Waals surface area contributed by atoms with Crippen LogP contribution in [0.15, 0.2) is 34.6 Å². The lowest BCUT2D eigenvalue weighted by Crippen LogP contribution is -2.35. The number of carbonyl (C=O) groups is 1. The van der Waals surface area contributed by atoms with Crippen LogP contribution in [0.3, 0.4) is 0 Å². The molecule has 0 saturated carbocycles. The maximum Gasteiger partial charge on any atom is 0.257 e. The van der Waals surface area contributed by atoms with Crippen molar-refractivity contribution in [2.75, 3.05) is 37.1 Å². The highest BCUT2D eigenvalue weighted by atomic mass is 16.5. The van der Waals surface area contributed by atoms with Crippen LogP contribution < -0.4 is 21.7 Å². The number of ether oxygens (including phenoxy) is 1. The van der Waals surface area contributed by atoms with Crippen LogP contribution in [0.25, 0.3) is 5.65 Å². The van der Waals surface area contributed by atoms with Gasteiger partial charge in [0.15, 0.2) is 5.65 Å². The third kappa shape index (κ3) is 3.62. The average molecular weight is 409 g/mol. The molecule has 156 valence electrons. The van der Waals surface area contributed by atoms with Crippen LogP contribution in [0, 0.1) is 0 Å². The summed E-state index contributed by atoms with van der Waals surface area (Å²) in [7, 11) is 3.35. The van der Waals surface area contributed by atoms with Gasteiger partial charge in [-0.2, -0.15) is 19.8 Å². The van der Waals surface area contributed by atoms with E-state index in [4.69, 9.17) is 10.5 Å². The Morgan fingerprint density at radius 3 is 2.97 bits per heavy atom. The number of anilines is 4. The van der Waals surface area contributed by atoms with Crippen LogP contribution in [0.4, 0.5) is 28.7 Å². The molecule has 1 atom stereocenters. The maximum absolute atomic E-state index is 12.8. The molecule has 3 aromatic rings. The van der Waals surface area contributed by atoms with E-state index in [2.05, 4.69) is 36.3 Å². The zero-order valence-electron chi connectivity index (χ0n) is 16.9. The number of nitrogens with one attached hydrogen (secondary N) is 3. The number of fused-ring (bicyclic) bond motifs is 3. The number of nitrogen functional groups attached to an aromatic ring is 1. The molecule has 30 heavy (non-hydrogen) atoms. The number of hydrogen-bond acceptors (Lipinski definition) is 9. The average Bonchev–Trinajstić information content (AvgIpc) is 3.13. The lowest BCUT2D eigenvalue weighted by Gasteiger charge is -2.17. The lowest BCUT2D eigenvalue weighted by atomic mass is 10.1. The Hall–Kier alpha value is -3.73. The van der Waals surface area contributed by atoms with Gasteiger partial charge in [-0.25, -0.2) is 4.98 Å². The van der Waals surface area contributed by atoms with Gasteiger partial charge in [-0.05, 0) is 24.6 Å². The van der Waals surface area contributed by atoms with Gasteiger partial charge in [-0.3, -0.25) is 4.79 Å². The van der Waals surface area contributed by atoms with Gasteiger partial charge in [-0.1, -0.05) is 0 Å². The van der Waals surface area contributed by atoms with Gasteiger partial charge in [0.05, 0.1) is 30.8 Å². The number of benzene rings is 1. The molecule has 0 saturated heterocycles. The van der Waals surface area contributed by atoms with Gasteiger partial charge < -0.3 is 26.4 Å². The topological polar surface area (TPSA) is 143 Å². The molecule has 1 amide bonds. The minimum Gasteiger partial charge on any atom is -0.397 e. The molecule has 2 aromatic heterocycles. The first-order valence-electron chi connectivity index (χ1n) is 9.44. The molecule has 5 N–H and O–H groups in total. The van der Waals surface area contributed by atoms with Crippen LogP contribution >= 0.6 is 0 Å². The highest BCUT2D eigenvalue weighted by Gasteiger charge is 2.20. The molecule has 3 heterocycles. The van der Waals surface area contributed by atoms with Crippen LogP contribution in [-0.4, -0.2) is 47.2 Å². The SMILES string of the molecule is CN=Nc1c(N)cc2cc1Nc1cc(NC)n3ncc(c3n1)C(=O)NC(C)COC2. The summed E-state index contributed by atoms with van der Waals surface area (Å²) in [5.41, 5.74) is 9.46. The molecule has 0 aliphatic carbocycles. The first-order valence-corrected chi connectivity index (χ1v) is 9.44. The minimum absolute atomic E-state index is 0.203. The van der Waals surface area contributed by atoms with Crippen molar-refractivity contribution in [1.29, 1.82) is 0 Å². The predicted octanol–water partition coefficient (Wildman–Crippen LogP) is 2.46. The summed E-state index contributed by atoms with van der Waals surface area (Å²) in [6.07, 6.45) is 1.50. The second-order valence-corrected chi connectivity index (χ2v) is 6.97. The number of nitrogens with zero attached hydrogens (tertiary/aromatic N) is 5. The fourth-order valence-electron chi connectivity index (χ4n) is 3.31. The van der Waals surface area contributed by atoms with Crippen molar-refractivity contribution in [2.24, 2.45) is 10.2 Å². The maximum atomic E-state index is 12.8. The van der Waals surface area contributed by atoms with Gasteiger partial charge in [0.2, 0.25) is 0 Å². The number of amides is 1. The molecule has 11 nitrogen and oxygen atoms in total. The van der Waals surface area contributed by atoms with Gasteiger partial charge in [0, 0.05) is 26.2 Å².